The Hall–Kier alpha value is -2.45. The zero-order valence-corrected chi connectivity index (χ0v) is 19.4. The van der Waals surface area contributed by atoms with E-state index in [-0.39, 0.29) is 35.2 Å². The largest absolute Gasteiger partial charge is 0.417 e. The van der Waals surface area contributed by atoms with E-state index in [1.165, 1.54) is 40.7 Å². The van der Waals surface area contributed by atoms with Gasteiger partial charge in [-0.15, -0.1) is 0 Å². The second-order valence-electron chi connectivity index (χ2n) is 8.83. The zero-order chi connectivity index (χ0) is 24.3. The molecule has 2 aliphatic rings. The first-order valence-electron chi connectivity index (χ1n) is 11.3. The number of sulfonamides is 1. The number of halogens is 3. The lowest BCUT2D eigenvalue weighted by Crippen LogP contribution is -2.91. The fourth-order valence-corrected chi connectivity index (χ4v) is 6.11. The molecule has 2 heterocycles. The first-order chi connectivity index (χ1) is 16.2. The van der Waals surface area contributed by atoms with Crippen LogP contribution >= 0.6 is 0 Å². The molecule has 0 amide bonds. The quantitative estimate of drug-likeness (QED) is 0.669. The van der Waals surface area contributed by atoms with Gasteiger partial charge in [-0.1, -0.05) is 18.2 Å². The number of quaternary nitrogens is 1. The highest BCUT2D eigenvalue weighted by Gasteiger charge is 2.38. The summed E-state index contributed by atoms with van der Waals surface area (Å²) in [4.78, 5) is -0.359. The highest BCUT2D eigenvalue weighted by atomic mass is 32.2. The molecular weight excluding hydrogens is 467 g/mol. The lowest BCUT2D eigenvalue weighted by Gasteiger charge is -2.22. The van der Waals surface area contributed by atoms with Gasteiger partial charge in [0.25, 0.3) is 0 Å². The molecule has 34 heavy (non-hydrogen) atoms. The van der Waals surface area contributed by atoms with Crippen LogP contribution in [0, 0.1) is 17.2 Å². The van der Waals surface area contributed by atoms with Crippen molar-refractivity contribution in [3.8, 4) is 17.2 Å². The van der Waals surface area contributed by atoms with Crippen molar-refractivity contribution in [3.05, 3.63) is 53.6 Å². The van der Waals surface area contributed by atoms with Crippen molar-refractivity contribution in [2.24, 2.45) is 5.92 Å². The van der Waals surface area contributed by atoms with Gasteiger partial charge in [-0.05, 0) is 48.2 Å². The van der Waals surface area contributed by atoms with Crippen molar-refractivity contribution in [3.63, 3.8) is 0 Å². The maximum absolute atomic E-state index is 13.9. The predicted molar refractivity (Wildman–Crippen MR) is 119 cm³/mol. The normalized spacial score (nSPS) is 20.4. The molecule has 4 rings (SSSR count). The molecule has 2 saturated heterocycles. The lowest BCUT2D eigenvalue weighted by molar-refractivity contribution is -0.691. The van der Waals surface area contributed by atoms with E-state index in [1.807, 2.05) is 6.07 Å². The molecule has 2 fully saturated rings. The Balaban J connectivity index is 1.53. The van der Waals surface area contributed by atoms with Crippen molar-refractivity contribution in [1.29, 1.82) is 5.26 Å². The molecule has 10 heteroatoms. The average Bonchev–Trinajstić information content (AvgIpc) is 3.33. The van der Waals surface area contributed by atoms with E-state index < -0.39 is 21.8 Å². The van der Waals surface area contributed by atoms with E-state index in [4.69, 9.17) is 10.00 Å². The molecule has 0 aliphatic carbocycles. The second kappa shape index (κ2) is 10.0. The van der Waals surface area contributed by atoms with E-state index in [2.05, 4.69) is 5.32 Å². The highest BCUT2D eigenvalue weighted by Crippen LogP contribution is 2.39. The average molecular weight is 495 g/mol. The summed E-state index contributed by atoms with van der Waals surface area (Å²) in [7, 11) is -4.06. The van der Waals surface area contributed by atoms with Crippen molar-refractivity contribution in [2.45, 2.75) is 36.4 Å². The molecule has 2 aromatic carbocycles. The Morgan fingerprint density at radius 2 is 1.79 bits per heavy atom. The van der Waals surface area contributed by atoms with Gasteiger partial charge < -0.3 is 10.1 Å². The highest BCUT2D eigenvalue weighted by molar-refractivity contribution is 7.89. The van der Waals surface area contributed by atoms with Crippen LogP contribution in [0.1, 0.15) is 30.4 Å². The summed E-state index contributed by atoms with van der Waals surface area (Å²) in [6.07, 6.45) is -2.08. The number of benzene rings is 2. The van der Waals surface area contributed by atoms with Crippen LogP contribution in [-0.2, 0) is 20.9 Å². The Morgan fingerprint density at radius 1 is 1.09 bits per heavy atom. The van der Waals surface area contributed by atoms with E-state index in [0.717, 1.165) is 38.7 Å². The van der Waals surface area contributed by atoms with Crippen LogP contribution in [0.2, 0.25) is 0 Å². The number of nitrogens with two attached hydrogens (primary N) is 1. The predicted octanol–water partition coefficient (Wildman–Crippen LogP) is 3.00. The number of nitriles is 1. The minimum atomic E-state index is -4.74. The third kappa shape index (κ3) is 5.44. The van der Waals surface area contributed by atoms with Crippen molar-refractivity contribution < 1.29 is 31.6 Å². The second-order valence-corrected chi connectivity index (χ2v) is 10.8. The summed E-state index contributed by atoms with van der Waals surface area (Å²) < 4.78 is 74.7. The summed E-state index contributed by atoms with van der Waals surface area (Å²) in [5.74, 6) is 0.545. The van der Waals surface area contributed by atoms with E-state index in [0.29, 0.717) is 17.9 Å². The van der Waals surface area contributed by atoms with Crippen molar-refractivity contribution in [2.75, 3.05) is 32.8 Å². The molecule has 0 spiro atoms. The van der Waals surface area contributed by atoms with Crippen molar-refractivity contribution in [1.82, 2.24) is 4.31 Å². The summed E-state index contributed by atoms with van der Waals surface area (Å²) in [5, 5.41) is 11.1. The van der Waals surface area contributed by atoms with Crippen LogP contribution in [0.25, 0.3) is 11.1 Å². The lowest BCUT2D eigenvalue weighted by atomic mass is 9.98. The molecule has 6 nitrogen and oxygen atoms in total. The van der Waals surface area contributed by atoms with Gasteiger partial charge in [0.05, 0.1) is 35.2 Å². The van der Waals surface area contributed by atoms with Gasteiger partial charge in [-0.25, -0.2) is 8.42 Å². The molecule has 0 saturated carbocycles. The minimum Gasteiger partial charge on any atom is -0.381 e. The number of ether oxygens (including phenoxy) is 1. The third-order valence-corrected chi connectivity index (χ3v) is 8.45. The number of hydrogen-bond acceptors (Lipinski definition) is 4. The topological polar surface area (TPSA) is 87.0 Å². The van der Waals surface area contributed by atoms with Crippen molar-refractivity contribution >= 4 is 10.0 Å². The number of nitrogens with zero attached hydrogens (tertiary/aromatic N) is 2. The fourth-order valence-electron chi connectivity index (χ4n) is 4.58. The number of rotatable bonds is 6. The third-order valence-electron chi connectivity index (χ3n) is 6.59. The zero-order valence-electron chi connectivity index (χ0n) is 18.6. The number of hydrogen-bond donors (Lipinski definition) is 1. The molecule has 2 N–H and O–H groups in total. The Bertz CT molecular complexity index is 1150. The Labute approximate surface area is 197 Å². The smallest absolute Gasteiger partial charge is 0.381 e. The van der Waals surface area contributed by atoms with Crippen LogP contribution in [-0.4, -0.2) is 51.6 Å². The fraction of sp³-hybridized carbons (Fsp3) is 0.458. The molecule has 182 valence electrons. The first kappa shape index (κ1) is 24.7. The Morgan fingerprint density at radius 3 is 2.44 bits per heavy atom. The van der Waals surface area contributed by atoms with E-state index in [9.17, 15) is 21.6 Å². The molecule has 1 atom stereocenters. The molecule has 2 aromatic rings. The summed E-state index contributed by atoms with van der Waals surface area (Å²) in [6.45, 7) is 2.98. The van der Waals surface area contributed by atoms with E-state index >= 15 is 0 Å². The maximum atomic E-state index is 13.9. The summed E-state index contributed by atoms with van der Waals surface area (Å²) in [6, 6.07) is 10.9. The summed E-state index contributed by atoms with van der Waals surface area (Å²) >= 11 is 0. The minimum absolute atomic E-state index is 0.0950. The van der Waals surface area contributed by atoms with Crippen LogP contribution < -0.4 is 5.32 Å². The van der Waals surface area contributed by atoms with Gasteiger partial charge in [-0.3, -0.25) is 0 Å². The van der Waals surface area contributed by atoms with Gasteiger partial charge in [0.1, 0.15) is 6.04 Å². The van der Waals surface area contributed by atoms with Crippen LogP contribution in [0.3, 0.4) is 0 Å². The molecule has 0 aromatic heterocycles. The maximum Gasteiger partial charge on any atom is 0.417 e. The van der Waals surface area contributed by atoms with Crippen LogP contribution in [0.4, 0.5) is 13.2 Å². The molecule has 0 bridgehead atoms. The van der Waals surface area contributed by atoms with Gasteiger partial charge >= 0.3 is 6.18 Å². The molecular formula is C24H27F3N3O3S+. The molecule has 0 radical (unpaired) electrons. The SMILES string of the molecule is N#Cc1ccc(-c2ccc(S(=O)(=O)N3CCC([NH2+]CC4CCOCC4)C3)cc2C(F)(F)F)cc1. The molecule has 1 unspecified atom stereocenters. The summed E-state index contributed by atoms with van der Waals surface area (Å²) in [5.41, 5.74) is -0.548. The number of alkyl halides is 3. The van der Waals surface area contributed by atoms with Crippen LogP contribution in [0.5, 0.6) is 0 Å². The van der Waals surface area contributed by atoms with Gasteiger partial charge in [-0.2, -0.15) is 22.7 Å². The first-order valence-corrected chi connectivity index (χ1v) is 12.8. The standard InChI is InChI=1S/C24H26F3N3O3S/c25-24(26,27)23-13-21(5-6-22(23)19-3-1-17(14-28)2-4-19)34(31,32)30-10-7-20(16-30)29-15-18-8-11-33-12-9-18/h1-6,13,18,20,29H,7-12,15-16H2/p+1. The van der Waals surface area contributed by atoms with Gasteiger partial charge in [0, 0.05) is 32.1 Å². The van der Waals surface area contributed by atoms with Crippen LogP contribution in [0.15, 0.2) is 47.4 Å². The van der Waals surface area contributed by atoms with E-state index in [1.54, 1.807) is 0 Å². The van der Waals surface area contributed by atoms with Gasteiger partial charge in [0.2, 0.25) is 10.0 Å². The Kier molecular flexibility index (Phi) is 7.28. The van der Waals surface area contributed by atoms with Gasteiger partial charge in [0.15, 0.2) is 0 Å². The molecule has 2 aliphatic heterocycles. The monoisotopic (exact) mass is 494 g/mol.